The molecule has 0 aliphatic carbocycles. The van der Waals surface area contributed by atoms with Gasteiger partial charge in [-0.3, -0.25) is 4.84 Å². The lowest BCUT2D eigenvalue weighted by Gasteiger charge is -2.17. The number of benzene rings is 3. The van der Waals surface area contributed by atoms with Gasteiger partial charge >= 0.3 is 0 Å². The Hall–Kier alpha value is -4.08. The van der Waals surface area contributed by atoms with Gasteiger partial charge in [-0.15, -0.1) is 20.2 Å². The molecule has 0 amide bonds. The molecule has 0 saturated carbocycles. The van der Waals surface area contributed by atoms with Crippen molar-refractivity contribution in [1.29, 1.82) is 0 Å². The minimum atomic E-state index is -1.02. The fourth-order valence-electron chi connectivity index (χ4n) is 3.11. The van der Waals surface area contributed by atoms with Gasteiger partial charge < -0.3 is 4.84 Å². The van der Waals surface area contributed by atoms with Crippen LogP contribution in [0.3, 0.4) is 0 Å². The van der Waals surface area contributed by atoms with Crippen LogP contribution < -0.4 is 4.84 Å². The zero-order chi connectivity index (χ0) is 22.4. The van der Waals surface area contributed by atoms with Crippen molar-refractivity contribution in [3.05, 3.63) is 110 Å². The number of rotatable bonds is 9. The molecule has 3 rings (SSSR count). The van der Waals surface area contributed by atoms with E-state index in [1.54, 1.807) is 24.3 Å². The Labute approximate surface area is 174 Å². The van der Waals surface area contributed by atoms with Crippen LogP contribution in [0.2, 0.25) is 0 Å². The van der Waals surface area contributed by atoms with E-state index in [0.717, 1.165) is 12.1 Å². The van der Waals surface area contributed by atoms with Gasteiger partial charge in [0.05, 0.1) is 0 Å². The zero-order valence-electron chi connectivity index (χ0n) is 15.9. The molecule has 0 aliphatic heterocycles. The van der Waals surface area contributed by atoms with Gasteiger partial charge in [-0.25, -0.2) is 8.78 Å². The van der Waals surface area contributed by atoms with Crippen molar-refractivity contribution >= 4 is 0 Å². The van der Waals surface area contributed by atoms with Gasteiger partial charge in [0.25, 0.3) is 10.2 Å². The molecule has 8 nitrogen and oxygen atoms in total. The Bertz CT molecular complexity index is 1070. The molecule has 1 atom stereocenters. The second-order valence-corrected chi connectivity index (χ2v) is 6.55. The lowest BCUT2D eigenvalue weighted by atomic mass is 9.97. The average molecular weight is 430 g/mol. The third kappa shape index (κ3) is 5.95. The van der Waals surface area contributed by atoms with E-state index in [0.29, 0.717) is 22.3 Å². The maximum atomic E-state index is 13.2. The molecule has 3 aromatic rings. The summed E-state index contributed by atoms with van der Waals surface area (Å²) in [6, 6.07) is 15.3. The highest BCUT2D eigenvalue weighted by atomic mass is 19.1. The number of halogens is 2. The molecule has 3 aromatic carbocycles. The maximum Gasteiger partial charge on any atom is 0.299 e. The molecule has 0 spiro atoms. The minimum Gasteiger partial charge on any atom is -0.306 e. The second kappa shape index (κ2) is 9.61. The summed E-state index contributed by atoms with van der Waals surface area (Å²) in [7, 11) is 0. The van der Waals surface area contributed by atoms with Gasteiger partial charge in [0.1, 0.15) is 23.5 Å². The van der Waals surface area contributed by atoms with E-state index in [2.05, 4.69) is 4.84 Å². The molecule has 0 aromatic heterocycles. The summed E-state index contributed by atoms with van der Waals surface area (Å²) in [4.78, 5) is 31.1. The highest BCUT2D eigenvalue weighted by molar-refractivity contribution is 5.65. The first-order chi connectivity index (χ1) is 14.8. The van der Waals surface area contributed by atoms with E-state index >= 15 is 0 Å². The molecule has 0 aliphatic rings. The first-order valence-electron chi connectivity index (χ1n) is 9.09. The van der Waals surface area contributed by atoms with E-state index in [1.807, 2.05) is 0 Å². The molecule has 0 heterocycles. The van der Waals surface area contributed by atoms with Crippen molar-refractivity contribution in [2.75, 3.05) is 0 Å². The molecule has 0 N–H and O–H groups in total. The van der Waals surface area contributed by atoms with E-state index in [1.165, 1.54) is 30.3 Å². The van der Waals surface area contributed by atoms with Crippen LogP contribution in [0.5, 0.6) is 5.75 Å². The average Bonchev–Trinajstić information content (AvgIpc) is 2.72. The summed E-state index contributed by atoms with van der Waals surface area (Å²) in [6.07, 6.45) is -0.838. The third-order valence-corrected chi connectivity index (χ3v) is 4.54. The van der Waals surface area contributed by atoms with Crippen LogP contribution >= 0.6 is 0 Å². The number of aryl methyl sites for hydroxylation is 1. The molecule has 1 unspecified atom stereocenters. The summed E-state index contributed by atoms with van der Waals surface area (Å²) in [6.45, 7) is 0. The van der Waals surface area contributed by atoms with Crippen LogP contribution in [0, 0.1) is 31.9 Å². The first kappa shape index (κ1) is 21.6. The molecule has 10 heteroatoms. The van der Waals surface area contributed by atoms with Gasteiger partial charge in [-0.1, -0.05) is 30.3 Å². The largest absolute Gasteiger partial charge is 0.306 e. The topological polar surface area (TPSA) is 105 Å². The van der Waals surface area contributed by atoms with Crippen LogP contribution in [0.1, 0.15) is 23.7 Å². The normalized spacial score (nSPS) is 11.5. The highest BCUT2D eigenvalue weighted by Crippen LogP contribution is 2.31. The summed E-state index contributed by atoms with van der Waals surface area (Å²) in [5.41, 5.74) is 2.10. The van der Waals surface area contributed by atoms with Crippen LogP contribution in [0.15, 0.2) is 66.7 Å². The summed E-state index contributed by atoms with van der Waals surface area (Å²) in [5, 5.41) is 19.8. The third-order valence-electron chi connectivity index (χ3n) is 4.54. The Kier molecular flexibility index (Phi) is 6.71. The van der Waals surface area contributed by atoms with Gasteiger partial charge in [0, 0.05) is 0 Å². The van der Waals surface area contributed by atoms with Crippen LogP contribution in [0.4, 0.5) is 8.78 Å². The Morgan fingerprint density at radius 3 is 1.97 bits per heavy atom. The SMILES string of the molecule is O=[N+]([O-])Oc1ccc(-c2ccc(F)cc2)cc1CCC(O[N+](=O)[O-])c1ccc(F)cc1. The Morgan fingerprint density at radius 1 is 0.806 bits per heavy atom. The van der Waals surface area contributed by atoms with Crippen LogP contribution in [-0.2, 0) is 11.3 Å². The summed E-state index contributed by atoms with van der Waals surface area (Å²) >= 11 is 0. The molecule has 160 valence electrons. The molecule has 31 heavy (non-hydrogen) atoms. The maximum absolute atomic E-state index is 13.2. The highest BCUT2D eigenvalue weighted by Gasteiger charge is 2.18. The van der Waals surface area contributed by atoms with Gasteiger partial charge in [-0.05, 0) is 71.5 Å². The first-order valence-corrected chi connectivity index (χ1v) is 9.09. The minimum absolute atomic E-state index is 0.0326. The second-order valence-electron chi connectivity index (χ2n) is 6.55. The molecular weight excluding hydrogens is 414 g/mol. The van der Waals surface area contributed by atoms with E-state index < -0.39 is 27.9 Å². The number of hydrogen-bond donors (Lipinski definition) is 0. The molecule has 0 fully saturated rings. The Morgan fingerprint density at radius 2 is 1.39 bits per heavy atom. The van der Waals surface area contributed by atoms with Crippen LogP contribution in [0.25, 0.3) is 11.1 Å². The standard InChI is InChI=1S/C21H16F2N2O6/c22-18-7-1-14(2-8-18)16-5-11-21(31-25(28)29)17(13-16)6-12-20(30-24(26)27)15-3-9-19(23)10-4-15/h1-5,7-11,13,20H,6,12H2. The molecule has 0 bridgehead atoms. The van der Waals surface area contributed by atoms with Crippen molar-refractivity contribution in [3.8, 4) is 16.9 Å². The van der Waals surface area contributed by atoms with Gasteiger partial charge in [0.15, 0.2) is 0 Å². The van der Waals surface area contributed by atoms with E-state index in [4.69, 9.17) is 4.84 Å². The fourth-order valence-corrected chi connectivity index (χ4v) is 3.11. The number of hydrogen-bond acceptors (Lipinski definition) is 6. The Balaban J connectivity index is 1.89. The predicted octanol–water partition coefficient (Wildman–Crippen LogP) is 5.08. The van der Waals surface area contributed by atoms with Gasteiger partial charge in [-0.2, -0.15) is 0 Å². The lowest BCUT2D eigenvalue weighted by molar-refractivity contribution is -0.771. The van der Waals surface area contributed by atoms with Crippen molar-refractivity contribution in [3.63, 3.8) is 0 Å². The fraction of sp³-hybridized carbons (Fsp3) is 0.143. The molecular formula is C21H16F2N2O6. The van der Waals surface area contributed by atoms with Crippen molar-refractivity contribution in [2.45, 2.75) is 18.9 Å². The monoisotopic (exact) mass is 430 g/mol. The summed E-state index contributed by atoms with van der Waals surface area (Å²) < 4.78 is 26.4. The molecule has 0 saturated heterocycles. The zero-order valence-corrected chi connectivity index (χ0v) is 15.9. The van der Waals surface area contributed by atoms with Crippen molar-refractivity contribution in [2.24, 2.45) is 0 Å². The lowest BCUT2D eigenvalue weighted by Crippen LogP contribution is -2.12. The van der Waals surface area contributed by atoms with E-state index in [9.17, 15) is 29.0 Å². The number of nitrogens with zero attached hydrogens (tertiary/aromatic N) is 2. The predicted molar refractivity (Wildman–Crippen MR) is 105 cm³/mol. The summed E-state index contributed by atoms with van der Waals surface area (Å²) in [5.74, 6) is -0.941. The van der Waals surface area contributed by atoms with Crippen molar-refractivity contribution < 1.29 is 28.6 Å². The smallest absolute Gasteiger partial charge is 0.299 e. The van der Waals surface area contributed by atoms with Crippen molar-refractivity contribution in [1.82, 2.24) is 0 Å². The quantitative estimate of drug-likeness (QED) is 0.346. The van der Waals surface area contributed by atoms with Gasteiger partial charge in [0.2, 0.25) is 0 Å². The van der Waals surface area contributed by atoms with Crippen LogP contribution in [-0.4, -0.2) is 10.2 Å². The van der Waals surface area contributed by atoms with E-state index in [-0.39, 0.29) is 18.6 Å². The molecule has 0 radical (unpaired) electrons.